The molecule has 0 amide bonds. The third kappa shape index (κ3) is 3.87. The van der Waals surface area contributed by atoms with Crippen LogP contribution in [0.2, 0.25) is 0 Å². The van der Waals surface area contributed by atoms with Crippen molar-refractivity contribution in [3.8, 4) is 0 Å². The van der Waals surface area contributed by atoms with E-state index < -0.39 is 52.3 Å². The van der Waals surface area contributed by atoms with Crippen molar-refractivity contribution in [1.29, 1.82) is 0 Å². The van der Waals surface area contributed by atoms with Crippen molar-refractivity contribution in [3.05, 3.63) is 71.2 Å². The summed E-state index contributed by atoms with van der Waals surface area (Å²) in [5.41, 5.74) is -0.0469. The van der Waals surface area contributed by atoms with Gasteiger partial charge in [0.2, 0.25) is 0 Å². The number of halogens is 7. The lowest BCUT2D eigenvalue weighted by atomic mass is 9.87. The van der Waals surface area contributed by atoms with Crippen molar-refractivity contribution in [1.82, 2.24) is 19.9 Å². The number of rotatable bonds is 3. The predicted octanol–water partition coefficient (Wildman–Crippen LogP) is 6.15. The van der Waals surface area contributed by atoms with Gasteiger partial charge in [0, 0.05) is 17.6 Å². The molecule has 2 aromatic carbocycles. The SMILES string of the molecule is Fc1ccc2nccc(C3CCN(C(c4nc5c(F)cc(F)c(F)c5[nH]4)C(F)(F)F)CC3)c2c1. The molecule has 2 aromatic heterocycles. The molecule has 5 rings (SSSR count). The number of benzene rings is 2. The van der Waals surface area contributed by atoms with Crippen LogP contribution in [0.1, 0.15) is 36.2 Å². The van der Waals surface area contributed by atoms with Crippen LogP contribution in [0.3, 0.4) is 0 Å². The molecule has 1 atom stereocenters. The number of H-pyrrole nitrogens is 1. The summed E-state index contributed by atoms with van der Waals surface area (Å²) >= 11 is 0. The van der Waals surface area contributed by atoms with E-state index in [0.29, 0.717) is 23.7 Å². The Morgan fingerprint density at radius 3 is 2.41 bits per heavy atom. The molecule has 178 valence electrons. The first kappa shape index (κ1) is 22.6. The van der Waals surface area contributed by atoms with Crippen molar-refractivity contribution in [3.63, 3.8) is 0 Å². The number of likely N-dealkylation sites (tertiary alicyclic amines) is 1. The number of alkyl halides is 3. The minimum Gasteiger partial charge on any atom is -0.338 e. The van der Waals surface area contributed by atoms with Crippen LogP contribution in [0.4, 0.5) is 30.7 Å². The van der Waals surface area contributed by atoms with Gasteiger partial charge in [0.15, 0.2) is 23.5 Å². The fraction of sp³-hybridized carbons (Fsp3) is 0.304. The number of nitrogens with zero attached hydrogens (tertiary/aromatic N) is 3. The first-order chi connectivity index (χ1) is 16.1. The van der Waals surface area contributed by atoms with Crippen LogP contribution in [-0.4, -0.2) is 39.1 Å². The number of pyridine rings is 1. The van der Waals surface area contributed by atoms with E-state index in [-0.39, 0.29) is 25.1 Å². The van der Waals surface area contributed by atoms with Gasteiger partial charge in [-0.1, -0.05) is 0 Å². The molecule has 1 aliphatic heterocycles. The van der Waals surface area contributed by atoms with Gasteiger partial charge in [-0.2, -0.15) is 13.2 Å². The molecular formula is C23H17F7N4. The molecule has 0 spiro atoms. The Labute approximate surface area is 188 Å². The number of piperidine rings is 1. The topological polar surface area (TPSA) is 44.8 Å². The van der Waals surface area contributed by atoms with E-state index in [1.807, 2.05) is 0 Å². The van der Waals surface area contributed by atoms with Crippen LogP contribution in [-0.2, 0) is 0 Å². The Balaban J connectivity index is 1.45. The Hall–Kier alpha value is -3.21. The van der Waals surface area contributed by atoms with Crippen molar-refractivity contribution in [2.24, 2.45) is 0 Å². The van der Waals surface area contributed by atoms with Gasteiger partial charge >= 0.3 is 6.18 Å². The van der Waals surface area contributed by atoms with Gasteiger partial charge in [-0.25, -0.2) is 22.5 Å². The molecule has 1 saturated heterocycles. The normalized spacial score (nSPS) is 17.0. The smallest absolute Gasteiger partial charge is 0.338 e. The summed E-state index contributed by atoms with van der Waals surface area (Å²) in [6, 6.07) is 3.93. The number of aromatic amines is 1. The van der Waals surface area contributed by atoms with E-state index in [0.717, 1.165) is 10.5 Å². The average molecular weight is 482 g/mol. The number of fused-ring (bicyclic) bond motifs is 2. The van der Waals surface area contributed by atoms with Gasteiger partial charge in [-0.05, 0) is 61.7 Å². The minimum absolute atomic E-state index is 0.00431. The van der Waals surface area contributed by atoms with Gasteiger partial charge in [0.1, 0.15) is 22.7 Å². The largest absolute Gasteiger partial charge is 0.411 e. The van der Waals surface area contributed by atoms with Gasteiger partial charge in [-0.3, -0.25) is 9.88 Å². The molecule has 0 saturated carbocycles. The highest BCUT2D eigenvalue weighted by molar-refractivity contribution is 5.82. The fourth-order valence-corrected chi connectivity index (χ4v) is 4.71. The first-order valence-electron chi connectivity index (χ1n) is 10.5. The number of nitrogens with one attached hydrogen (secondary N) is 1. The zero-order valence-corrected chi connectivity index (χ0v) is 17.4. The summed E-state index contributed by atoms with van der Waals surface area (Å²) in [5.74, 6) is -5.54. The molecule has 1 aliphatic rings. The van der Waals surface area contributed by atoms with E-state index in [1.54, 1.807) is 18.3 Å². The third-order valence-electron chi connectivity index (χ3n) is 6.27. The number of imidazole rings is 1. The summed E-state index contributed by atoms with van der Waals surface area (Å²) < 4.78 is 97.6. The highest BCUT2D eigenvalue weighted by Crippen LogP contribution is 2.41. The lowest BCUT2D eigenvalue weighted by Crippen LogP contribution is -2.43. The van der Waals surface area contributed by atoms with E-state index in [1.165, 1.54) is 12.1 Å². The van der Waals surface area contributed by atoms with Crippen molar-refractivity contribution < 1.29 is 30.7 Å². The Morgan fingerprint density at radius 1 is 0.971 bits per heavy atom. The maximum Gasteiger partial charge on any atom is 0.411 e. The summed E-state index contributed by atoms with van der Waals surface area (Å²) in [5, 5.41) is 0.610. The van der Waals surface area contributed by atoms with Crippen molar-refractivity contribution >= 4 is 21.9 Å². The van der Waals surface area contributed by atoms with Crippen LogP contribution < -0.4 is 0 Å². The van der Waals surface area contributed by atoms with Crippen molar-refractivity contribution in [2.75, 3.05) is 13.1 Å². The maximum absolute atomic E-state index is 14.1. The van der Waals surface area contributed by atoms with E-state index in [2.05, 4.69) is 15.0 Å². The van der Waals surface area contributed by atoms with Crippen LogP contribution in [0.5, 0.6) is 0 Å². The molecule has 34 heavy (non-hydrogen) atoms. The Morgan fingerprint density at radius 2 is 1.71 bits per heavy atom. The van der Waals surface area contributed by atoms with Crippen LogP contribution in [0.15, 0.2) is 36.5 Å². The highest BCUT2D eigenvalue weighted by Gasteiger charge is 2.47. The Bertz CT molecular complexity index is 1370. The van der Waals surface area contributed by atoms with Crippen LogP contribution in [0, 0.1) is 23.3 Å². The molecule has 4 aromatic rings. The lowest BCUT2D eigenvalue weighted by molar-refractivity contribution is -0.191. The minimum atomic E-state index is -4.81. The molecule has 0 radical (unpaired) electrons. The molecule has 0 bridgehead atoms. The monoisotopic (exact) mass is 482 g/mol. The van der Waals surface area contributed by atoms with Gasteiger partial charge < -0.3 is 4.98 Å². The fourth-order valence-electron chi connectivity index (χ4n) is 4.71. The Kier molecular flexibility index (Phi) is 5.46. The average Bonchev–Trinajstić information content (AvgIpc) is 3.22. The molecule has 4 nitrogen and oxygen atoms in total. The second kappa shape index (κ2) is 8.23. The van der Waals surface area contributed by atoms with Gasteiger partial charge in [0.25, 0.3) is 0 Å². The summed E-state index contributed by atoms with van der Waals surface area (Å²) in [4.78, 5) is 11.1. The maximum atomic E-state index is 14.1. The summed E-state index contributed by atoms with van der Waals surface area (Å²) in [7, 11) is 0. The summed E-state index contributed by atoms with van der Waals surface area (Å²) in [6.07, 6.45) is -2.56. The van der Waals surface area contributed by atoms with Gasteiger partial charge in [0.05, 0.1) is 5.52 Å². The predicted molar refractivity (Wildman–Crippen MR) is 110 cm³/mol. The zero-order chi connectivity index (χ0) is 24.2. The molecule has 0 aliphatic carbocycles. The number of hydrogen-bond donors (Lipinski definition) is 1. The third-order valence-corrected chi connectivity index (χ3v) is 6.27. The number of hydrogen-bond acceptors (Lipinski definition) is 3. The quantitative estimate of drug-likeness (QED) is 0.281. The van der Waals surface area contributed by atoms with E-state index in [9.17, 15) is 30.7 Å². The molecule has 1 fully saturated rings. The molecule has 1 unspecified atom stereocenters. The zero-order valence-electron chi connectivity index (χ0n) is 17.4. The van der Waals surface area contributed by atoms with E-state index in [4.69, 9.17) is 0 Å². The van der Waals surface area contributed by atoms with Crippen molar-refractivity contribution in [2.45, 2.75) is 31.0 Å². The van der Waals surface area contributed by atoms with Gasteiger partial charge in [-0.15, -0.1) is 0 Å². The van der Waals surface area contributed by atoms with E-state index >= 15 is 0 Å². The molecule has 1 N–H and O–H groups in total. The standard InChI is InChI=1S/C23H17F7N4/c24-12-1-2-17-14(9-12)13(3-6-31-17)11-4-7-34(8-5-11)21(23(28,29)30)22-32-19-16(26)10-15(25)18(27)20(19)33-22/h1-3,6,9-11,21H,4-5,7-8H2,(H,32,33). The number of aromatic nitrogens is 3. The molecule has 3 heterocycles. The molecular weight excluding hydrogens is 465 g/mol. The molecule has 11 heteroatoms. The van der Waals surface area contributed by atoms with Crippen LogP contribution in [0.25, 0.3) is 21.9 Å². The summed E-state index contributed by atoms with van der Waals surface area (Å²) in [6.45, 7) is 0.00862. The lowest BCUT2D eigenvalue weighted by Gasteiger charge is -2.37. The second-order valence-electron chi connectivity index (χ2n) is 8.32. The highest BCUT2D eigenvalue weighted by atomic mass is 19.4. The first-order valence-corrected chi connectivity index (χ1v) is 10.5. The second-order valence-corrected chi connectivity index (χ2v) is 8.32. The van der Waals surface area contributed by atoms with Crippen LogP contribution >= 0.6 is 0 Å².